The molecule has 17 heavy (non-hydrogen) atoms. The first kappa shape index (κ1) is 12.4. The van der Waals surface area contributed by atoms with Crippen LogP contribution in [0.15, 0.2) is 24.3 Å². The maximum Gasteiger partial charge on any atom is 0.119 e. The van der Waals surface area contributed by atoms with E-state index >= 15 is 0 Å². The molecule has 94 valence electrons. The highest BCUT2D eigenvalue weighted by molar-refractivity contribution is 5.30. The number of nitrogens with one attached hydrogen (secondary N) is 1. The quantitative estimate of drug-likeness (QED) is 0.843. The van der Waals surface area contributed by atoms with Gasteiger partial charge in [-0.25, -0.2) is 0 Å². The van der Waals surface area contributed by atoms with Crippen LogP contribution in [-0.2, 0) is 6.42 Å². The number of rotatable bonds is 5. The molecule has 2 rings (SSSR count). The molecule has 0 spiro atoms. The summed E-state index contributed by atoms with van der Waals surface area (Å²) in [5, 5.41) is 3.68. The smallest absolute Gasteiger partial charge is 0.119 e. The summed E-state index contributed by atoms with van der Waals surface area (Å²) in [5.41, 5.74) is 1.71. The second-order valence-corrected chi connectivity index (χ2v) is 4.92. The monoisotopic (exact) mass is 233 g/mol. The summed E-state index contributed by atoms with van der Waals surface area (Å²) in [6.45, 7) is 6.21. The van der Waals surface area contributed by atoms with E-state index in [1.807, 2.05) is 13.0 Å². The average molecular weight is 233 g/mol. The van der Waals surface area contributed by atoms with E-state index in [0.29, 0.717) is 5.54 Å². The van der Waals surface area contributed by atoms with Crippen LogP contribution in [-0.4, -0.2) is 18.7 Å². The predicted molar refractivity (Wildman–Crippen MR) is 71.6 cm³/mol. The van der Waals surface area contributed by atoms with Crippen molar-refractivity contribution in [3.63, 3.8) is 0 Å². The van der Waals surface area contributed by atoms with Gasteiger partial charge >= 0.3 is 0 Å². The Bertz CT molecular complexity index is 356. The van der Waals surface area contributed by atoms with Gasteiger partial charge in [-0.05, 0) is 56.8 Å². The molecule has 1 aliphatic heterocycles. The molecular formula is C15H23NO. The maximum atomic E-state index is 5.56. The molecule has 1 saturated heterocycles. The van der Waals surface area contributed by atoms with Gasteiger partial charge in [0.05, 0.1) is 6.61 Å². The number of hydrogen-bond donors (Lipinski definition) is 1. The first-order chi connectivity index (χ1) is 8.28. The summed E-state index contributed by atoms with van der Waals surface area (Å²) >= 11 is 0. The van der Waals surface area contributed by atoms with E-state index in [1.165, 1.54) is 31.4 Å². The molecule has 1 fully saturated rings. The van der Waals surface area contributed by atoms with Crippen molar-refractivity contribution in [2.75, 3.05) is 13.2 Å². The first-order valence-electron chi connectivity index (χ1n) is 6.75. The molecule has 0 radical (unpaired) electrons. The highest BCUT2D eigenvalue weighted by Crippen LogP contribution is 2.28. The number of benzene rings is 1. The minimum Gasteiger partial charge on any atom is -0.494 e. The van der Waals surface area contributed by atoms with Gasteiger partial charge in [0.25, 0.3) is 0 Å². The van der Waals surface area contributed by atoms with Crippen LogP contribution in [0.1, 0.15) is 38.7 Å². The van der Waals surface area contributed by atoms with Crippen LogP contribution < -0.4 is 10.1 Å². The summed E-state index contributed by atoms with van der Waals surface area (Å²) in [6.07, 6.45) is 4.91. The van der Waals surface area contributed by atoms with Gasteiger partial charge in [-0.15, -0.1) is 0 Å². The largest absolute Gasteiger partial charge is 0.494 e. The second kappa shape index (κ2) is 5.54. The lowest BCUT2D eigenvalue weighted by Gasteiger charge is -2.28. The van der Waals surface area contributed by atoms with E-state index in [-0.39, 0.29) is 0 Å². The van der Waals surface area contributed by atoms with Crippen molar-refractivity contribution in [2.45, 2.75) is 45.1 Å². The van der Waals surface area contributed by atoms with Crippen molar-refractivity contribution in [2.24, 2.45) is 0 Å². The second-order valence-electron chi connectivity index (χ2n) is 4.92. The van der Waals surface area contributed by atoms with Gasteiger partial charge in [-0.2, -0.15) is 0 Å². The average Bonchev–Trinajstić information content (AvgIpc) is 2.79. The molecule has 1 N–H and O–H groups in total. The third-order valence-corrected chi connectivity index (χ3v) is 3.76. The zero-order valence-electron chi connectivity index (χ0n) is 11.0. The molecule has 0 aromatic heterocycles. The SMILES string of the molecule is CCOc1cccc(CC2(CC)CCCN2)c1. The van der Waals surface area contributed by atoms with Crippen molar-refractivity contribution in [3.8, 4) is 5.75 Å². The minimum absolute atomic E-state index is 0.324. The molecule has 2 nitrogen and oxygen atoms in total. The van der Waals surface area contributed by atoms with Crippen LogP contribution >= 0.6 is 0 Å². The molecule has 1 aromatic carbocycles. The Morgan fingerprint density at radius 3 is 2.88 bits per heavy atom. The van der Waals surface area contributed by atoms with E-state index in [4.69, 9.17) is 4.74 Å². The van der Waals surface area contributed by atoms with Gasteiger partial charge in [-0.3, -0.25) is 0 Å². The summed E-state index contributed by atoms with van der Waals surface area (Å²) < 4.78 is 5.56. The number of hydrogen-bond acceptors (Lipinski definition) is 2. The van der Waals surface area contributed by atoms with Gasteiger partial charge in [0.1, 0.15) is 5.75 Å². The lowest BCUT2D eigenvalue weighted by Crippen LogP contribution is -2.41. The molecule has 1 heterocycles. The minimum atomic E-state index is 0.324. The normalized spacial score (nSPS) is 23.9. The van der Waals surface area contributed by atoms with Crippen molar-refractivity contribution in [1.29, 1.82) is 0 Å². The van der Waals surface area contributed by atoms with E-state index < -0.39 is 0 Å². The van der Waals surface area contributed by atoms with Crippen molar-refractivity contribution >= 4 is 0 Å². The molecule has 1 unspecified atom stereocenters. The van der Waals surface area contributed by atoms with Crippen LogP contribution in [0.5, 0.6) is 5.75 Å². The topological polar surface area (TPSA) is 21.3 Å². The van der Waals surface area contributed by atoms with Gasteiger partial charge in [0, 0.05) is 5.54 Å². The maximum absolute atomic E-state index is 5.56. The molecular weight excluding hydrogens is 210 g/mol. The van der Waals surface area contributed by atoms with Crippen LogP contribution in [0.25, 0.3) is 0 Å². The standard InChI is InChI=1S/C15H23NO/c1-3-15(9-6-10-16-15)12-13-7-5-8-14(11-13)17-4-2/h5,7-8,11,16H,3-4,6,9-10,12H2,1-2H3. The van der Waals surface area contributed by atoms with E-state index in [9.17, 15) is 0 Å². The zero-order chi connectivity index (χ0) is 12.1. The zero-order valence-corrected chi connectivity index (χ0v) is 11.0. The Morgan fingerprint density at radius 2 is 2.24 bits per heavy atom. The summed E-state index contributed by atoms with van der Waals surface area (Å²) in [4.78, 5) is 0. The Hall–Kier alpha value is -1.02. The van der Waals surface area contributed by atoms with E-state index in [2.05, 4.69) is 30.4 Å². The molecule has 0 bridgehead atoms. The van der Waals surface area contributed by atoms with Crippen LogP contribution in [0.3, 0.4) is 0 Å². The lowest BCUT2D eigenvalue weighted by molar-refractivity contribution is 0.337. The highest BCUT2D eigenvalue weighted by atomic mass is 16.5. The number of ether oxygens (including phenoxy) is 1. The Morgan fingerprint density at radius 1 is 1.35 bits per heavy atom. The molecule has 2 heteroatoms. The Labute approximate surface area is 104 Å². The van der Waals surface area contributed by atoms with Gasteiger partial charge < -0.3 is 10.1 Å². The highest BCUT2D eigenvalue weighted by Gasteiger charge is 2.31. The van der Waals surface area contributed by atoms with Crippen molar-refractivity contribution in [3.05, 3.63) is 29.8 Å². The van der Waals surface area contributed by atoms with E-state index in [0.717, 1.165) is 18.8 Å². The Kier molecular flexibility index (Phi) is 4.06. The summed E-state index contributed by atoms with van der Waals surface area (Å²) in [7, 11) is 0. The third-order valence-electron chi connectivity index (χ3n) is 3.76. The van der Waals surface area contributed by atoms with Crippen LogP contribution in [0.2, 0.25) is 0 Å². The summed E-state index contributed by atoms with van der Waals surface area (Å²) in [6, 6.07) is 8.52. The molecule has 1 aromatic rings. The van der Waals surface area contributed by atoms with Gasteiger partial charge in [-0.1, -0.05) is 19.1 Å². The van der Waals surface area contributed by atoms with Crippen LogP contribution in [0, 0.1) is 0 Å². The fourth-order valence-electron chi connectivity index (χ4n) is 2.75. The van der Waals surface area contributed by atoms with Gasteiger partial charge in [0.15, 0.2) is 0 Å². The van der Waals surface area contributed by atoms with Crippen molar-refractivity contribution < 1.29 is 4.74 Å². The van der Waals surface area contributed by atoms with E-state index in [1.54, 1.807) is 0 Å². The fraction of sp³-hybridized carbons (Fsp3) is 0.600. The van der Waals surface area contributed by atoms with Gasteiger partial charge in [0.2, 0.25) is 0 Å². The lowest BCUT2D eigenvalue weighted by atomic mass is 9.87. The van der Waals surface area contributed by atoms with Crippen LogP contribution in [0.4, 0.5) is 0 Å². The first-order valence-corrected chi connectivity index (χ1v) is 6.75. The fourth-order valence-corrected chi connectivity index (χ4v) is 2.75. The summed E-state index contributed by atoms with van der Waals surface area (Å²) in [5.74, 6) is 0.995. The molecule has 0 amide bonds. The Balaban J connectivity index is 2.09. The predicted octanol–water partition coefficient (Wildman–Crippen LogP) is 3.16. The van der Waals surface area contributed by atoms with Crippen molar-refractivity contribution in [1.82, 2.24) is 5.32 Å². The molecule has 1 atom stereocenters. The molecule has 0 aliphatic carbocycles. The third kappa shape index (κ3) is 3.01. The molecule has 0 saturated carbocycles. The molecule has 1 aliphatic rings.